The maximum absolute atomic E-state index is 12.6. The minimum atomic E-state index is -4.36. The largest absolute Gasteiger partial charge is 0.493 e. The molecule has 1 heterocycles. The summed E-state index contributed by atoms with van der Waals surface area (Å²) in [7, 11) is 0. The third-order valence-electron chi connectivity index (χ3n) is 4.42. The van der Waals surface area contributed by atoms with Crippen molar-refractivity contribution in [1.29, 1.82) is 0 Å². The number of nitrogens with zero attached hydrogens (tertiary/aromatic N) is 1. The second-order valence-corrected chi connectivity index (χ2v) is 6.47. The van der Waals surface area contributed by atoms with Crippen LogP contribution in [0.15, 0.2) is 54.6 Å². The van der Waals surface area contributed by atoms with Gasteiger partial charge in [-0.05, 0) is 36.2 Å². The second kappa shape index (κ2) is 8.33. The molecule has 1 fully saturated rings. The highest BCUT2D eigenvalue weighted by Gasteiger charge is 2.30. The number of rotatable bonds is 5. The van der Waals surface area contributed by atoms with E-state index < -0.39 is 11.7 Å². The van der Waals surface area contributed by atoms with Gasteiger partial charge in [-0.25, -0.2) is 4.79 Å². The van der Waals surface area contributed by atoms with Gasteiger partial charge >= 0.3 is 12.3 Å². The third-order valence-corrected chi connectivity index (χ3v) is 4.42. The van der Waals surface area contributed by atoms with Crippen molar-refractivity contribution >= 4 is 6.09 Å². The molecule has 0 spiro atoms. The maximum atomic E-state index is 12.6. The molecule has 2 aromatic rings. The van der Waals surface area contributed by atoms with E-state index in [-0.39, 0.29) is 18.6 Å². The van der Waals surface area contributed by atoms with Gasteiger partial charge in [-0.1, -0.05) is 30.3 Å². The predicted molar refractivity (Wildman–Crippen MR) is 93.2 cm³/mol. The van der Waals surface area contributed by atoms with Crippen LogP contribution in [0.1, 0.15) is 17.5 Å². The van der Waals surface area contributed by atoms with Gasteiger partial charge in [0, 0.05) is 19.0 Å². The Balaban J connectivity index is 1.42. The number of ether oxygens (including phenoxy) is 2. The van der Waals surface area contributed by atoms with Crippen LogP contribution >= 0.6 is 0 Å². The Morgan fingerprint density at radius 2 is 1.78 bits per heavy atom. The lowest BCUT2D eigenvalue weighted by atomic mass is 10.1. The van der Waals surface area contributed by atoms with E-state index in [1.165, 1.54) is 12.1 Å². The van der Waals surface area contributed by atoms with Crippen LogP contribution in [0.4, 0.5) is 18.0 Å². The molecule has 0 radical (unpaired) electrons. The molecule has 0 bridgehead atoms. The van der Waals surface area contributed by atoms with E-state index >= 15 is 0 Å². The molecule has 0 aromatic heterocycles. The minimum Gasteiger partial charge on any atom is -0.493 e. The third kappa shape index (κ3) is 5.39. The van der Waals surface area contributed by atoms with Gasteiger partial charge in [0.15, 0.2) is 0 Å². The number of hydrogen-bond donors (Lipinski definition) is 0. The standard InChI is InChI=1S/C20H20F3NO3/c21-20(22,23)17-6-8-18(9-7-17)26-14-16-10-11-24(12-16)19(25)27-13-15-4-2-1-3-5-15/h1-9,16H,10-14H2/t16-/m1/s1. The first kappa shape index (κ1) is 19.1. The Kier molecular flexibility index (Phi) is 5.88. The second-order valence-electron chi connectivity index (χ2n) is 6.47. The molecule has 1 aliphatic rings. The zero-order valence-electron chi connectivity index (χ0n) is 14.6. The Hall–Kier alpha value is -2.70. The highest BCUT2D eigenvalue weighted by atomic mass is 19.4. The lowest BCUT2D eigenvalue weighted by Crippen LogP contribution is -2.30. The number of benzene rings is 2. The van der Waals surface area contributed by atoms with Crippen molar-refractivity contribution in [3.63, 3.8) is 0 Å². The highest BCUT2D eigenvalue weighted by Crippen LogP contribution is 2.30. The van der Waals surface area contributed by atoms with Gasteiger partial charge in [0.05, 0.1) is 12.2 Å². The first-order chi connectivity index (χ1) is 12.9. The normalized spacial score (nSPS) is 17.0. The molecule has 1 saturated heterocycles. The van der Waals surface area contributed by atoms with Crippen molar-refractivity contribution in [2.24, 2.45) is 5.92 Å². The summed E-state index contributed by atoms with van der Waals surface area (Å²) in [6.45, 7) is 1.65. The van der Waals surface area contributed by atoms with Crippen molar-refractivity contribution in [2.45, 2.75) is 19.2 Å². The lowest BCUT2D eigenvalue weighted by Gasteiger charge is -2.17. The molecule has 4 nitrogen and oxygen atoms in total. The van der Waals surface area contributed by atoms with Crippen LogP contribution in [0.5, 0.6) is 5.75 Å². The van der Waals surface area contributed by atoms with Gasteiger partial charge in [-0.2, -0.15) is 13.2 Å². The molecular formula is C20H20F3NO3. The van der Waals surface area contributed by atoms with Gasteiger partial charge in [0.2, 0.25) is 0 Å². The highest BCUT2D eigenvalue weighted by molar-refractivity contribution is 5.68. The number of alkyl halides is 3. The maximum Gasteiger partial charge on any atom is 0.416 e. The van der Waals surface area contributed by atoms with E-state index in [1.54, 1.807) is 4.90 Å². The number of carbonyl (C=O) groups excluding carboxylic acids is 1. The quantitative estimate of drug-likeness (QED) is 0.753. The van der Waals surface area contributed by atoms with Crippen LogP contribution in [0, 0.1) is 5.92 Å². The SMILES string of the molecule is O=C(OCc1ccccc1)N1CC[C@@H](COc2ccc(C(F)(F)F)cc2)C1. The van der Waals surface area contributed by atoms with Crippen LogP contribution in [0.3, 0.4) is 0 Å². The van der Waals surface area contributed by atoms with Crippen molar-refractivity contribution in [3.05, 3.63) is 65.7 Å². The van der Waals surface area contributed by atoms with Crippen LogP contribution < -0.4 is 4.74 Å². The lowest BCUT2D eigenvalue weighted by molar-refractivity contribution is -0.137. The van der Waals surface area contributed by atoms with Gasteiger partial charge < -0.3 is 14.4 Å². The molecule has 144 valence electrons. The number of halogens is 3. The van der Waals surface area contributed by atoms with E-state index in [0.29, 0.717) is 25.4 Å². The van der Waals surface area contributed by atoms with Crippen molar-refractivity contribution in [3.8, 4) is 5.75 Å². The molecule has 3 rings (SSSR count). The molecule has 1 amide bonds. The number of hydrogen-bond acceptors (Lipinski definition) is 3. The summed E-state index contributed by atoms with van der Waals surface area (Å²) in [6.07, 6.45) is -3.96. The molecule has 0 saturated carbocycles. The molecule has 0 unspecified atom stereocenters. The fourth-order valence-corrected chi connectivity index (χ4v) is 2.90. The molecule has 7 heteroatoms. The van der Waals surface area contributed by atoms with Crippen LogP contribution in [0.2, 0.25) is 0 Å². The Morgan fingerprint density at radius 1 is 1.07 bits per heavy atom. The molecule has 0 N–H and O–H groups in total. The van der Waals surface area contributed by atoms with E-state index in [1.807, 2.05) is 30.3 Å². The first-order valence-electron chi connectivity index (χ1n) is 8.67. The van der Waals surface area contributed by atoms with Crippen LogP contribution in [-0.2, 0) is 17.5 Å². The monoisotopic (exact) mass is 379 g/mol. The van der Waals surface area contributed by atoms with Gasteiger partial charge in [0.25, 0.3) is 0 Å². The topological polar surface area (TPSA) is 38.8 Å². The summed E-state index contributed by atoms with van der Waals surface area (Å²) in [6, 6.07) is 14.0. The predicted octanol–water partition coefficient (Wildman–Crippen LogP) is 4.74. The zero-order chi connectivity index (χ0) is 19.3. The summed E-state index contributed by atoms with van der Waals surface area (Å²) in [5.74, 6) is 0.504. The minimum absolute atomic E-state index is 0.122. The Labute approximate surface area is 155 Å². The fourth-order valence-electron chi connectivity index (χ4n) is 2.90. The summed E-state index contributed by atoms with van der Waals surface area (Å²) < 4.78 is 48.5. The molecular weight excluding hydrogens is 359 g/mol. The Bertz CT molecular complexity index is 747. The van der Waals surface area contributed by atoms with Crippen molar-refractivity contribution in [2.75, 3.05) is 19.7 Å². The molecule has 1 aliphatic heterocycles. The van der Waals surface area contributed by atoms with Crippen LogP contribution in [0.25, 0.3) is 0 Å². The number of likely N-dealkylation sites (tertiary alicyclic amines) is 1. The van der Waals surface area contributed by atoms with E-state index in [0.717, 1.165) is 24.1 Å². The van der Waals surface area contributed by atoms with E-state index in [4.69, 9.17) is 9.47 Å². The van der Waals surface area contributed by atoms with Gasteiger partial charge in [-0.15, -0.1) is 0 Å². The molecule has 2 aromatic carbocycles. The first-order valence-corrected chi connectivity index (χ1v) is 8.67. The average molecular weight is 379 g/mol. The van der Waals surface area contributed by atoms with Gasteiger partial charge in [-0.3, -0.25) is 0 Å². The summed E-state index contributed by atoms with van der Waals surface area (Å²) in [5.41, 5.74) is 0.218. The molecule has 27 heavy (non-hydrogen) atoms. The number of carbonyl (C=O) groups is 1. The summed E-state index contributed by atoms with van der Waals surface area (Å²) in [4.78, 5) is 13.8. The zero-order valence-corrected chi connectivity index (χ0v) is 14.6. The summed E-state index contributed by atoms with van der Waals surface area (Å²) in [5, 5.41) is 0. The van der Waals surface area contributed by atoms with Crippen LogP contribution in [-0.4, -0.2) is 30.7 Å². The smallest absolute Gasteiger partial charge is 0.416 e. The Morgan fingerprint density at radius 3 is 2.44 bits per heavy atom. The fraction of sp³-hybridized carbons (Fsp3) is 0.350. The van der Waals surface area contributed by atoms with E-state index in [2.05, 4.69) is 0 Å². The van der Waals surface area contributed by atoms with E-state index in [9.17, 15) is 18.0 Å². The molecule has 1 atom stereocenters. The number of amides is 1. The average Bonchev–Trinajstić information content (AvgIpc) is 3.14. The summed E-state index contributed by atoms with van der Waals surface area (Å²) >= 11 is 0. The van der Waals surface area contributed by atoms with Crippen molar-refractivity contribution in [1.82, 2.24) is 4.90 Å². The van der Waals surface area contributed by atoms with Gasteiger partial charge in [0.1, 0.15) is 12.4 Å². The molecule has 0 aliphatic carbocycles. The van der Waals surface area contributed by atoms with Crippen molar-refractivity contribution < 1.29 is 27.4 Å².